The van der Waals surface area contributed by atoms with Crippen LogP contribution in [0.3, 0.4) is 0 Å². The van der Waals surface area contributed by atoms with Gasteiger partial charge in [0.05, 0.1) is 35.8 Å². The molecule has 0 spiro atoms. The van der Waals surface area contributed by atoms with Crippen molar-refractivity contribution in [3.05, 3.63) is 24.0 Å². The van der Waals surface area contributed by atoms with E-state index in [1.807, 2.05) is 17.8 Å². The van der Waals surface area contributed by atoms with E-state index in [9.17, 15) is 9.59 Å². The maximum absolute atomic E-state index is 12.2. The highest BCUT2D eigenvalue weighted by atomic mass is 16.7. The molecule has 4 heterocycles. The van der Waals surface area contributed by atoms with Gasteiger partial charge < -0.3 is 20.7 Å². The van der Waals surface area contributed by atoms with E-state index < -0.39 is 5.60 Å². The second-order valence-corrected chi connectivity index (χ2v) is 8.30. The maximum Gasteiger partial charge on any atom is 0.223 e. The van der Waals surface area contributed by atoms with Crippen LogP contribution < -0.4 is 21.4 Å². The number of carbonyl (C=O) groups excluding carboxylic acids is 2. The van der Waals surface area contributed by atoms with Gasteiger partial charge in [-0.05, 0) is 25.8 Å². The molecule has 1 fully saturated rings. The zero-order chi connectivity index (χ0) is 23.4. The van der Waals surface area contributed by atoms with Crippen molar-refractivity contribution < 1.29 is 19.2 Å². The Morgan fingerprint density at radius 3 is 2.52 bits per heavy atom. The number of nitrogens with zero attached hydrogens (tertiary/aromatic N) is 3. The van der Waals surface area contributed by atoms with Crippen molar-refractivity contribution in [1.82, 2.24) is 30.9 Å². The fourth-order valence-electron chi connectivity index (χ4n) is 4.23. The van der Waals surface area contributed by atoms with Gasteiger partial charge in [0.15, 0.2) is 5.65 Å². The molecular weight excluding hydrogens is 426 g/mol. The lowest BCUT2D eigenvalue weighted by molar-refractivity contribution is -0.133. The van der Waals surface area contributed by atoms with E-state index >= 15 is 0 Å². The van der Waals surface area contributed by atoms with Crippen LogP contribution in [0.4, 0.5) is 5.69 Å². The first kappa shape index (κ1) is 23.0. The van der Waals surface area contributed by atoms with E-state index in [4.69, 9.17) is 9.57 Å². The summed E-state index contributed by atoms with van der Waals surface area (Å²) in [5.74, 6) is -0.451. The van der Waals surface area contributed by atoms with Crippen LogP contribution in [0.25, 0.3) is 16.7 Å². The number of hydrogen-bond donors (Lipinski definition) is 4. The third kappa shape index (κ3) is 4.79. The standard InChI is InChI=1S/C22H31N7O4/c1-4-29-21-16(13-26-29)20(27-14-5-7-32-8-6-14)15(12-25-21)17-9-22(33-28-17,10-18(30)23-2)11-19(31)24-3/h9,12-14,28H,4-8,10-11H2,1-3H3,(H,23,30)(H,24,31)(H,25,27). The minimum atomic E-state index is -1.12. The molecule has 11 heteroatoms. The van der Waals surface area contributed by atoms with Gasteiger partial charge >= 0.3 is 0 Å². The number of amides is 2. The van der Waals surface area contributed by atoms with Crippen molar-refractivity contribution in [2.24, 2.45) is 0 Å². The van der Waals surface area contributed by atoms with Gasteiger partial charge in [0.25, 0.3) is 0 Å². The highest BCUT2D eigenvalue weighted by Crippen LogP contribution is 2.37. The molecule has 2 aliphatic heterocycles. The van der Waals surface area contributed by atoms with Crippen molar-refractivity contribution in [2.75, 3.05) is 32.6 Å². The largest absolute Gasteiger partial charge is 0.381 e. The van der Waals surface area contributed by atoms with Crippen LogP contribution in [-0.2, 0) is 25.7 Å². The van der Waals surface area contributed by atoms with E-state index in [-0.39, 0.29) is 30.7 Å². The predicted octanol–water partition coefficient (Wildman–Crippen LogP) is 0.929. The second kappa shape index (κ2) is 9.75. The molecule has 178 valence electrons. The van der Waals surface area contributed by atoms with Crippen LogP contribution in [0, 0.1) is 0 Å². The molecule has 0 radical (unpaired) electrons. The van der Waals surface area contributed by atoms with Crippen LogP contribution in [-0.4, -0.2) is 65.5 Å². The van der Waals surface area contributed by atoms with Crippen LogP contribution in [0.15, 0.2) is 18.5 Å². The Kier molecular flexibility index (Phi) is 6.80. The molecular formula is C22H31N7O4. The molecule has 4 N–H and O–H groups in total. The Hall–Kier alpha value is -3.18. The molecule has 0 atom stereocenters. The minimum absolute atomic E-state index is 0.000411. The summed E-state index contributed by atoms with van der Waals surface area (Å²) < 4.78 is 7.36. The fraction of sp³-hybridized carbons (Fsp3) is 0.545. The highest BCUT2D eigenvalue weighted by Gasteiger charge is 2.40. The Balaban J connectivity index is 1.76. The van der Waals surface area contributed by atoms with Crippen molar-refractivity contribution in [1.29, 1.82) is 0 Å². The zero-order valence-electron chi connectivity index (χ0n) is 19.2. The van der Waals surface area contributed by atoms with Crippen LogP contribution in [0.2, 0.25) is 0 Å². The van der Waals surface area contributed by atoms with Gasteiger partial charge in [-0.25, -0.2) is 9.67 Å². The Morgan fingerprint density at radius 2 is 1.88 bits per heavy atom. The molecule has 11 nitrogen and oxygen atoms in total. The first-order valence-electron chi connectivity index (χ1n) is 11.3. The van der Waals surface area contributed by atoms with Gasteiger partial charge in [0, 0.05) is 51.7 Å². The summed E-state index contributed by atoms with van der Waals surface area (Å²) >= 11 is 0. The molecule has 0 unspecified atom stereocenters. The molecule has 4 rings (SSSR count). The highest BCUT2D eigenvalue weighted by molar-refractivity contribution is 5.96. The van der Waals surface area contributed by atoms with Gasteiger partial charge in [0.1, 0.15) is 5.60 Å². The average molecular weight is 458 g/mol. The summed E-state index contributed by atoms with van der Waals surface area (Å²) in [5.41, 5.74) is 4.96. The third-order valence-electron chi connectivity index (χ3n) is 6.07. The molecule has 0 saturated carbocycles. The average Bonchev–Trinajstić information content (AvgIpc) is 3.44. The molecule has 1 saturated heterocycles. The molecule has 2 aliphatic rings. The molecule has 0 aromatic carbocycles. The van der Waals surface area contributed by atoms with Gasteiger partial charge in [-0.2, -0.15) is 5.10 Å². The lowest BCUT2D eigenvalue weighted by Crippen LogP contribution is -2.40. The lowest BCUT2D eigenvalue weighted by atomic mass is 9.92. The summed E-state index contributed by atoms with van der Waals surface area (Å²) in [7, 11) is 3.12. The number of fused-ring (bicyclic) bond motifs is 1. The SMILES string of the molecule is CCn1ncc2c(NC3CCOCC3)c(C3=CC(CC(=O)NC)(CC(=O)NC)ON3)cnc21. The fourth-order valence-corrected chi connectivity index (χ4v) is 4.23. The van der Waals surface area contributed by atoms with E-state index in [0.717, 1.165) is 35.1 Å². The second-order valence-electron chi connectivity index (χ2n) is 8.30. The molecule has 0 bridgehead atoms. The summed E-state index contributed by atoms with van der Waals surface area (Å²) in [6.45, 7) is 4.15. The van der Waals surface area contributed by atoms with Crippen LogP contribution in [0.1, 0.15) is 38.2 Å². The molecule has 2 amide bonds. The molecule has 0 aliphatic carbocycles. The zero-order valence-corrected chi connectivity index (χ0v) is 19.2. The van der Waals surface area contributed by atoms with Gasteiger partial charge in [-0.1, -0.05) is 0 Å². The number of anilines is 1. The molecule has 2 aromatic heterocycles. The number of hydrogen-bond acceptors (Lipinski definition) is 8. The van der Waals surface area contributed by atoms with Crippen molar-refractivity contribution >= 4 is 34.2 Å². The third-order valence-corrected chi connectivity index (χ3v) is 6.07. The normalized spacial score (nSPS) is 18.0. The van der Waals surface area contributed by atoms with E-state index in [0.29, 0.717) is 25.5 Å². The first-order valence-corrected chi connectivity index (χ1v) is 11.3. The molecule has 2 aromatic rings. The number of hydroxylamine groups is 1. The predicted molar refractivity (Wildman–Crippen MR) is 123 cm³/mol. The number of pyridine rings is 1. The van der Waals surface area contributed by atoms with E-state index in [1.54, 1.807) is 26.4 Å². The Bertz CT molecular complexity index is 1040. The van der Waals surface area contributed by atoms with Gasteiger partial charge in [-0.15, -0.1) is 0 Å². The minimum Gasteiger partial charge on any atom is -0.381 e. The Morgan fingerprint density at radius 1 is 1.18 bits per heavy atom. The number of carbonyl (C=O) groups is 2. The number of nitrogens with one attached hydrogen (secondary N) is 4. The lowest BCUT2D eigenvalue weighted by Gasteiger charge is -2.25. The smallest absolute Gasteiger partial charge is 0.223 e. The number of aromatic nitrogens is 3. The van der Waals surface area contributed by atoms with Crippen molar-refractivity contribution in [3.8, 4) is 0 Å². The maximum atomic E-state index is 12.2. The van der Waals surface area contributed by atoms with Gasteiger partial charge in [0.2, 0.25) is 11.8 Å². The Labute approximate surface area is 192 Å². The van der Waals surface area contributed by atoms with E-state index in [2.05, 4.69) is 31.5 Å². The monoisotopic (exact) mass is 457 g/mol. The summed E-state index contributed by atoms with van der Waals surface area (Å²) in [6, 6.07) is 0.248. The van der Waals surface area contributed by atoms with Crippen molar-refractivity contribution in [2.45, 2.75) is 50.8 Å². The summed E-state index contributed by atoms with van der Waals surface area (Å²) in [5, 5.41) is 14.3. The molecule has 33 heavy (non-hydrogen) atoms. The number of ether oxygens (including phenoxy) is 1. The van der Waals surface area contributed by atoms with Crippen molar-refractivity contribution in [3.63, 3.8) is 0 Å². The van der Waals surface area contributed by atoms with E-state index in [1.165, 1.54) is 0 Å². The number of aryl methyl sites for hydroxylation is 1. The summed E-state index contributed by atoms with van der Waals surface area (Å²) in [4.78, 5) is 34.9. The quantitative estimate of drug-likeness (QED) is 0.460. The van der Waals surface area contributed by atoms with Gasteiger partial charge in [-0.3, -0.25) is 19.9 Å². The topological polar surface area (TPSA) is 131 Å². The first-order chi connectivity index (χ1) is 16.0. The number of rotatable bonds is 8. The van der Waals surface area contributed by atoms with Crippen LogP contribution in [0.5, 0.6) is 0 Å². The van der Waals surface area contributed by atoms with Crippen LogP contribution >= 0.6 is 0 Å². The summed E-state index contributed by atoms with van der Waals surface area (Å²) in [6.07, 6.45) is 7.18.